The molecule has 0 aromatic heterocycles. The molecule has 0 rings (SSSR count). The average Bonchev–Trinajstić information content (AvgIpc) is 2.25. The molecule has 0 spiro atoms. The molecule has 2 heteroatoms. The first-order valence-electron chi connectivity index (χ1n) is 6.43. The average molecular weight is 214 g/mol. The molecule has 0 bridgehead atoms. The molecular formula is C13H26O2. The van der Waals surface area contributed by atoms with Gasteiger partial charge in [0.1, 0.15) is 6.29 Å². The standard InChI is InChI=1S/C13H26O2/c1-2-3-4-5-6-7-8-10-13(15)11-9-12-14/h12-13,15H,2-11H2,1H3. The van der Waals surface area contributed by atoms with Gasteiger partial charge >= 0.3 is 0 Å². The number of hydrogen-bond acceptors (Lipinski definition) is 2. The molecule has 0 aromatic rings. The zero-order valence-corrected chi connectivity index (χ0v) is 10.1. The number of carbonyl (C=O) groups is 1. The molecule has 0 aromatic carbocycles. The number of aliphatic hydroxyl groups excluding tert-OH is 1. The van der Waals surface area contributed by atoms with E-state index in [9.17, 15) is 9.90 Å². The summed E-state index contributed by atoms with van der Waals surface area (Å²) in [5.74, 6) is 0. The van der Waals surface area contributed by atoms with Crippen LogP contribution in [0.1, 0.15) is 71.1 Å². The van der Waals surface area contributed by atoms with Gasteiger partial charge in [0, 0.05) is 6.42 Å². The quantitative estimate of drug-likeness (QED) is 0.422. The number of aliphatic hydroxyl groups is 1. The van der Waals surface area contributed by atoms with Crippen LogP contribution in [0.5, 0.6) is 0 Å². The smallest absolute Gasteiger partial charge is 0.120 e. The molecule has 0 aliphatic heterocycles. The fourth-order valence-corrected chi connectivity index (χ4v) is 1.74. The largest absolute Gasteiger partial charge is 0.393 e. The van der Waals surface area contributed by atoms with Crippen molar-refractivity contribution in [2.24, 2.45) is 0 Å². The maximum absolute atomic E-state index is 10.1. The predicted octanol–water partition coefficient (Wildman–Crippen LogP) is 3.47. The van der Waals surface area contributed by atoms with E-state index in [4.69, 9.17) is 0 Å². The number of aldehydes is 1. The van der Waals surface area contributed by atoms with Crippen LogP contribution in [0.15, 0.2) is 0 Å². The van der Waals surface area contributed by atoms with E-state index >= 15 is 0 Å². The second kappa shape index (κ2) is 11.7. The van der Waals surface area contributed by atoms with Gasteiger partial charge in [-0.2, -0.15) is 0 Å². The molecule has 15 heavy (non-hydrogen) atoms. The Labute approximate surface area is 94.1 Å². The van der Waals surface area contributed by atoms with Crippen molar-refractivity contribution in [1.82, 2.24) is 0 Å². The van der Waals surface area contributed by atoms with E-state index in [0.717, 1.165) is 19.1 Å². The number of unbranched alkanes of at least 4 members (excludes halogenated alkanes) is 6. The van der Waals surface area contributed by atoms with Gasteiger partial charge in [0.2, 0.25) is 0 Å². The number of hydrogen-bond donors (Lipinski definition) is 1. The summed E-state index contributed by atoms with van der Waals surface area (Å²) in [7, 11) is 0. The normalized spacial score (nSPS) is 12.7. The van der Waals surface area contributed by atoms with Crippen molar-refractivity contribution in [3.05, 3.63) is 0 Å². The number of rotatable bonds is 11. The third-order valence-electron chi connectivity index (χ3n) is 2.76. The highest BCUT2D eigenvalue weighted by Crippen LogP contribution is 2.11. The lowest BCUT2D eigenvalue weighted by Gasteiger charge is -2.07. The summed E-state index contributed by atoms with van der Waals surface area (Å²) in [6.45, 7) is 2.23. The van der Waals surface area contributed by atoms with Crippen molar-refractivity contribution in [3.63, 3.8) is 0 Å². The SMILES string of the molecule is CCCCCCCCCC(O)CCC=O. The Bertz CT molecular complexity index is 134. The van der Waals surface area contributed by atoms with Crippen LogP contribution in [0.2, 0.25) is 0 Å². The van der Waals surface area contributed by atoms with Crippen LogP contribution in [0.25, 0.3) is 0 Å². The van der Waals surface area contributed by atoms with E-state index in [1.54, 1.807) is 0 Å². The molecular weight excluding hydrogens is 188 g/mol. The Morgan fingerprint density at radius 2 is 1.60 bits per heavy atom. The summed E-state index contributed by atoms with van der Waals surface area (Å²) in [6.07, 6.45) is 11.6. The van der Waals surface area contributed by atoms with E-state index in [1.165, 1.54) is 38.5 Å². The van der Waals surface area contributed by atoms with Crippen LogP contribution < -0.4 is 0 Å². The monoisotopic (exact) mass is 214 g/mol. The molecule has 1 N–H and O–H groups in total. The van der Waals surface area contributed by atoms with Crippen molar-refractivity contribution < 1.29 is 9.90 Å². The van der Waals surface area contributed by atoms with Gasteiger partial charge in [-0.05, 0) is 12.8 Å². The summed E-state index contributed by atoms with van der Waals surface area (Å²) in [6, 6.07) is 0. The molecule has 0 aliphatic carbocycles. The number of carbonyl (C=O) groups excluding carboxylic acids is 1. The highest BCUT2D eigenvalue weighted by molar-refractivity contribution is 5.49. The molecule has 0 heterocycles. The van der Waals surface area contributed by atoms with E-state index in [-0.39, 0.29) is 6.10 Å². The topological polar surface area (TPSA) is 37.3 Å². The van der Waals surface area contributed by atoms with E-state index in [0.29, 0.717) is 12.8 Å². The molecule has 0 radical (unpaired) electrons. The minimum atomic E-state index is -0.258. The van der Waals surface area contributed by atoms with Crippen molar-refractivity contribution in [2.45, 2.75) is 77.2 Å². The second-order valence-corrected chi connectivity index (χ2v) is 4.31. The van der Waals surface area contributed by atoms with E-state index in [2.05, 4.69) is 6.92 Å². The maximum Gasteiger partial charge on any atom is 0.120 e. The van der Waals surface area contributed by atoms with Gasteiger partial charge in [0.25, 0.3) is 0 Å². The molecule has 0 saturated heterocycles. The van der Waals surface area contributed by atoms with Gasteiger partial charge in [-0.1, -0.05) is 51.9 Å². The Hall–Kier alpha value is -0.370. The van der Waals surface area contributed by atoms with Crippen LogP contribution in [-0.4, -0.2) is 17.5 Å². The Morgan fingerprint density at radius 1 is 1.00 bits per heavy atom. The van der Waals surface area contributed by atoms with Crippen LogP contribution in [-0.2, 0) is 4.79 Å². The third-order valence-corrected chi connectivity index (χ3v) is 2.76. The van der Waals surface area contributed by atoms with Crippen LogP contribution >= 0.6 is 0 Å². The van der Waals surface area contributed by atoms with Gasteiger partial charge in [-0.25, -0.2) is 0 Å². The zero-order chi connectivity index (χ0) is 11.4. The zero-order valence-electron chi connectivity index (χ0n) is 10.1. The predicted molar refractivity (Wildman–Crippen MR) is 63.9 cm³/mol. The summed E-state index contributed by atoms with van der Waals surface area (Å²) in [5.41, 5.74) is 0. The van der Waals surface area contributed by atoms with Gasteiger partial charge in [-0.15, -0.1) is 0 Å². The fraction of sp³-hybridized carbons (Fsp3) is 0.923. The van der Waals surface area contributed by atoms with Gasteiger partial charge in [-0.3, -0.25) is 0 Å². The third kappa shape index (κ3) is 11.6. The Kier molecular flexibility index (Phi) is 11.4. The molecule has 1 atom stereocenters. The summed E-state index contributed by atoms with van der Waals surface area (Å²) in [4.78, 5) is 10.1. The minimum absolute atomic E-state index is 0.258. The fourth-order valence-electron chi connectivity index (χ4n) is 1.74. The first-order valence-corrected chi connectivity index (χ1v) is 6.43. The molecule has 0 aliphatic rings. The highest BCUT2D eigenvalue weighted by Gasteiger charge is 2.02. The molecule has 1 unspecified atom stereocenters. The summed E-state index contributed by atoms with van der Waals surface area (Å²) in [5, 5.41) is 9.46. The van der Waals surface area contributed by atoms with Crippen LogP contribution in [0.4, 0.5) is 0 Å². The molecule has 90 valence electrons. The van der Waals surface area contributed by atoms with Crippen LogP contribution in [0, 0.1) is 0 Å². The van der Waals surface area contributed by atoms with Gasteiger partial charge in [0.15, 0.2) is 0 Å². The molecule has 0 amide bonds. The highest BCUT2D eigenvalue weighted by atomic mass is 16.3. The van der Waals surface area contributed by atoms with Crippen molar-refractivity contribution >= 4 is 6.29 Å². The molecule has 0 fully saturated rings. The molecule has 0 saturated carbocycles. The summed E-state index contributed by atoms with van der Waals surface area (Å²) < 4.78 is 0. The summed E-state index contributed by atoms with van der Waals surface area (Å²) >= 11 is 0. The Balaban J connectivity index is 3.05. The van der Waals surface area contributed by atoms with E-state index in [1.807, 2.05) is 0 Å². The lowest BCUT2D eigenvalue weighted by Crippen LogP contribution is -2.06. The lowest BCUT2D eigenvalue weighted by atomic mass is 10.0. The first-order chi connectivity index (χ1) is 7.31. The Morgan fingerprint density at radius 3 is 2.20 bits per heavy atom. The van der Waals surface area contributed by atoms with Gasteiger partial charge < -0.3 is 9.90 Å². The van der Waals surface area contributed by atoms with Crippen molar-refractivity contribution in [1.29, 1.82) is 0 Å². The maximum atomic E-state index is 10.1. The minimum Gasteiger partial charge on any atom is -0.393 e. The van der Waals surface area contributed by atoms with Crippen molar-refractivity contribution in [2.75, 3.05) is 0 Å². The van der Waals surface area contributed by atoms with Crippen molar-refractivity contribution in [3.8, 4) is 0 Å². The van der Waals surface area contributed by atoms with Gasteiger partial charge in [0.05, 0.1) is 6.10 Å². The lowest BCUT2D eigenvalue weighted by molar-refractivity contribution is -0.108. The van der Waals surface area contributed by atoms with Crippen LogP contribution in [0.3, 0.4) is 0 Å². The van der Waals surface area contributed by atoms with E-state index < -0.39 is 0 Å². The first kappa shape index (κ1) is 14.6. The molecule has 2 nitrogen and oxygen atoms in total. The second-order valence-electron chi connectivity index (χ2n) is 4.31.